The number of piperidine rings is 1. The van der Waals surface area contributed by atoms with Crippen LogP contribution in [0.5, 0.6) is 0 Å². The highest BCUT2D eigenvalue weighted by Crippen LogP contribution is 2.33. The summed E-state index contributed by atoms with van der Waals surface area (Å²) in [6.45, 7) is 1.96. The number of benzene rings is 1. The van der Waals surface area contributed by atoms with E-state index < -0.39 is 18.1 Å². The summed E-state index contributed by atoms with van der Waals surface area (Å²) < 4.78 is 39.1. The first-order valence-electron chi connectivity index (χ1n) is 6.66. The summed E-state index contributed by atoms with van der Waals surface area (Å²) in [7, 11) is 0. The van der Waals surface area contributed by atoms with Gasteiger partial charge in [-0.05, 0) is 43.5 Å². The number of hydrogen-bond donors (Lipinski definition) is 1. The normalized spacial score (nSPS) is 19.5. The lowest BCUT2D eigenvalue weighted by Gasteiger charge is -2.33. The molecular weight excluding hydrogens is 349 g/mol. The number of urea groups is 1. The number of nitrogens with zero attached hydrogens (tertiary/aromatic N) is 1. The highest BCUT2D eigenvalue weighted by atomic mass is 79.9. The molecule has 21 heavy (non-hydrogen) atoms. The molecule has 7 heteroatoms. The summed E-state index contributed by atoms with van der Waals surface area (Å²) in [5.41, 5.74) is 1.52. The van der Waals surface area contributed by atoms with Crippen LogP contribution in [-0.2, 0) is 0 Å². The van der Waals surface area contributed by atoms with Gasteiger partial charge in [0.25, 0.3) is 0 Å². The maximum atomic E-state index is 12.7. The minimum atomic E-state index is -4.24. The van der Waals surface area contributed by atoms with Gasteiger partial charge in [-0.3, -0.25) is 0 Å². The van der Waals surface area contributed by atoms with Gasteiger partial charge in [-0.15, -0.1) is 0 Å². The van der Waals surface area contributed by atoms with Gasteiger partial charge in [-0.2, -0.15) is 13.2 Å². The number of carbonyl (C=O) groups is 1. The Balaban J connectivity index is 2.01. The van der Waals surface area contributed by atoms with Crippen molar-refractivity contribution in [1.82, 2.24) is 4.90 Å². The molecule has 1 atom stereocenters. The number of rotatable bonds is 1. The molecule has 2 rings (SSSR count). The number of likely N-dealkylation sites (tertiary alicyclic amines) is 1. The monoisotopic (exact) mass is 364 g/mol. The zero-order valence-corrected chi connectivity index (χ0v) is 13.1. The van der Waals surface area contributed by atoms with Crippen LogP contribution in [0, 0.1) is 12.8 Å². The third-order valence-electron chi connectivity index (χ3n) is 3.58. The van der Waals surface area contributed by atoms with Crippen LogP contribution >= 0.6 is 15.9 Å². The van der Waals surface area contributed by atoms with E-state index in [9.17, 15) is 18.0 Å². The second-order valence-corrected chi connectivity index (χ2v) is 6.08. The molecule has 3 nitrogen and oxygen atoms in total. The molecule has 116 valence electrons. The van der Waals surface area contributed by atoms with Gasteiger partial charge in [0.05, 0.1) is 5.92 Å². The first kappa shape index (κ1) is 16.1. The van der Waals surface area contributed by atoms with Crippen LogP contribution in [0.4, 0.5) is 23.7 Å². The average molecular weight is 365 g/mol. The molecule has 1 saturated heterocycles. The van der Waals surface area contributed by atoms with Gasteiger partial charge in [0.1, 0.15) is 0 Å². The van der Waals surface area contributed by atoms with Crippen molar-refractivity contribution >= 4 is 27.6 Å². The van der Waals surface area contributed by atoms with Crippen molar-refractivity contribution in [3.8, 4) is 0 Å². The molecule has 0 saturated carbocycles. The van der Waals surface area contributed by atoms with Crippen LogP contribution in [-0.4, -0.2) is 30.2 Å². The molecule has 1 aliphatic rings. The number of anilines is 1. The van der Waals surface area contributed by atoms with E-state index in [1.165, 1.54) is 4.90 Å². The molecule has 0 bridgehead atoms. The van der Waals surface area contributed by atoms with Gasteiger partial charge in [-0.1, -0.05) is 15.9 Å². The van der Waals surface area contributed by atoms with E-state index in [0.29, 0.717) is 18.7 Å². The Morgan fingerprint density at radius 2 is 2.14 bits per heavy atom. The third-order valence-corrected chi connectivity index (χ3v) is 4.47. The Morgan fingerprint density at radius 3 is 2.76 bits per heavy atom. The lowest BCUT2D eigenvalue weighted by atomic mass is 9.98. The van der Waals surface area contributed by atoms with Crippen molar-refractivity contribution in [2.75, 3.05) is 18.4 Å². The molecule has 1 aromatic carbocycles. The fraction of sp³-hybridized carbons (Fsp3) is 0.500. The summed E-state index contributed by atoms with van der Waals surface area (Å²) in [4.78, 5) is 13.3. The maximum absolute atomic E-state index is 12.7. The first-order valence-corrected chi connectivity index (χ1v) is 7.45. The molecule has 0 aromatic heterocycles. The molecule has 1 aliphatic heterocycles. The van der Waals surface area contributed by atoms with E-state index in [2.05, 4.69) is 21.2 Å². The van der Waals surface area contributed by atoms with Gasteiger partial charge in [-0.25, -0.2) is 4.79 Å². The number of hydrogen-bond acceptors (Lipinski definition) is 1. The van der Waals surface area contributed by atoms with Gasteiger partial charge in [0, 0.05) is 23.2 Å². The van der Waals surface area contributed by atoms with Crippen LogP contribution in [0.25, 0.3) is 0 Å². The van der Waals surface area contributed by atoms with Crippen molar-refractivity contribution < 1.29 is 18.0 Å². The molecule has 2 amide bonds. The summed E-state index contributed by atoms with van der Waals surface area (Å²) in [6.07, 6.45) is -3.78. The van der Waals surface area contributed by atoms with Gasteiger partial charge < -0.3 is 10.2 Å². The fourth-order valence-corrected chi connectivity index (χ4v) is 2.60. The molecule has 0 aliphatic carbocycles. The molecule has 1 fully saturated rings. The zero-order valence-electron chi connectivity index (χ0n) is 11.5. The predicted molar refractivity (Wildman–Crippen MR) is 78.2 cm³/mol. The van der Waals surface area contributed by atoms with Crippen molar-refractivity contribution in [3.63, 3.8) is 0 Å². The Kier molecular flexibility index (Phi) is 4.81. The van der Waals surface area contributed by atoms with Crippen molar-refractivity contribution in [3.05, 3.63) is 28.2 Å². The lowest BCUT2D eigenvalue weighted by molar-refractivity contribution is -0.183. The Morgan fingerprint density at radius 1 is 1.43 bits per heavy atom. The van der Waals surface area contributed by atoms with Gasteiger partial charge in [0.15, 0.2) is 0 Å². The Bertz CT molecular complexity index is 533. The Hall–Kier alpha value is -1.24. The third kappa shape index (κ3) is 4.12. The number of nitrogens with one attached hydrogen (secondary N) is 1. The van der Waals surface area contributed by atoms with E-state index in [0.717, 1.165) is 10.0 Å². The quantitative estimate of drug-likeness (QED) is 0.777. The average Bonchev–Trinajstić information content (AvgIpc) is 2.42. The fourth-order valence-electron chi connectivity index (χ4n) is 2.35. The summed E-state index contributed by atoms with van der Waals surface area (Å²) in [5.74, 6) is -1.43. The van der Waals surface area contributed by atoms with Crippen LogP contribution < -0.4 is 5.32 Å². The minimum Gasteiger partial charge on any atom is -0.324 e. The van der Waals surface area contributed by atoms with Crippen LogP contribution in [0.3, 0.4) is 0 Å². The second-order valence-electron chi connectivity index (χ2n) is 5.22. The first-order chi connectivity index (χ1) is 9.77. The summed E-state index contributed by atoms with van der Waals surface area (Å²) >= 11 is 3.35. The van der Waals surface area contributed by atoms with Crippen molar-refractivity contribution in [2.45, 2.75) is 25.9 Å². The summed E-state index contributed by atoms with van der Waals surface area (Å²) in [5, 5.41) is 2.65. The highest BCUT2D eigenvalue weighted by molar-refractivity contribution is 9.10. The number of alkyl halides is 3. The second kappa shape index (κ2) is 6.25. The number of amides is 2. The Labute approximate surface area is 129 Å². The smallest absolute Gasteiger partial charge is 0.324 e. The number of aryl methyl sites for hydroxylation is 1. The van der Waals surface area contributed by atoms with Crippen molar-refractivity contribution in [2.24, 2.45) is 5.92 Å². The van der Waals surface area contributed by atoms with Gasteiger partial charge >= 0.3 is 12.2 Å². The lowest BCUT2D eigenvalue weighted by Crippen LogP contribution is -2.46. The molecule has 0 radical (unpaired) electrons. The van der Waals surface area contributed by atoms with E-state index in [-0.39, 0.29) is 13.0 Å². The van der Waals surface area contributed by atoms with Crippen LogP contribution in [0.1, 0.15) is 18.4 Å². The largest absolute Gasteiger partial charge is 0.393 e. The molecule has 0 unspecified atom stereocenters. The van der Waals surface area contributed by atoms with Crippen molar-refractivity contribution in [1.29, 1.82) is 0 Å². The van der Waals surface area contributed by atoms with Gasteiger partial charge in [0.2, 0.25) is 0 Å². The maximum Gasteiger partial charge on any atom is 0.393 e. The summed E-state index contributed by atoms with van der Waals surface area (Å²) in [6, 6.07) is 4.79. The van der Waals surface area contributed by atoms with E-state index in [1.807, 2.05) is 6.92 Å². The van der Waals surface area contributed by atoms with Crippen LogP contribution in [0.2, 0.25) is 0 Å². The zero-order chi connectivity index (χ0) is 15.6. The standard InChI is InChI=1S/C14H16BrF3N2O/c1-9-7-11(4-5-12(9)15)19-13(21)20-6-2-3-10(8-20)14(16,17)18/h4-5,7,10H,2-3,6,8H2,1H3,(H,19,21)/t10-/m1/s1. The van der Waals surface area contributed by atoms with E-state index >= 15 is 0 Å². The highest BCUT2D eigenvalue weighted by Gasteiger charge is 2.42. The van der Waals surface area contributed by atoms with E-state index in [1.54, 1.807) is 18.2 Å². The SMILES string of the molecule is Cc1cc(NC(=O)N2CCC[C@@H](C(F)(F)F)C2)ccc1Br. The number of carbonyl (C=O) groups excluding carboxylic acids is 1. The minimum absolute atomic E-state index is 0.0880. The predicted octanol–water partition coefficient (Wildman–Crippen LogP) is 4.56. The molecular formula is C14H16BrF3N2O. The molecule has 1 N–H and O–H groups in total. The number of halogens is 4. The van der Waals surface area contributed by atoms with E-state index in [4.69, 9.17) is 0 Å². The molecule has 1 heterocycles. The topological polar surface area (TPSA) is 32.3 Å². The molecule has 1 aromatic rings. The van der Waals surface area contributed by atoms with Crippen LogP contribution in [0.15, 0.2) is 22.7 Å². The molecule has 0 spiro atoms.